The Hall–Kier alpha value is -3.23. The van der Waals surface area contributed by atoms with Gasteiger partial charge in [-0.15, -0.1) is 0 Å². The van der Waals surface area contributed by atoms with Crippen molar-refractivity contribution in [3.05, 3.63) is 57.4 Å². The van der Waals surface area contributed by atoms with Gasteiger partial charge in [-0.3, -0.25) is 15.1 Å². The van der Waals surface area contributed by atoms with Crippen molar-refractivity contribution in [1.82, 2.24) is 9.55 Å². The smallest absolute Gasteiger partial charge is 0.343 e. The van der Waals surface area contributed by atoms with Crippen LogP contribution in [0.2, 0.25) is 0 Å². The molecule has 5 rings (SSSR count). The van der Waals surface area contributed by atoms with Crippen LogP contribution in [0.15, 0.2) is 35.1 Å². The fraction of sp³-hybridized carbons (Fsp3) is 0.318. The Morgan fingerprint density at radius 2 is 2.13 bits per heavy atom. The van der Waals surface area contributed by atoms with Crippen molar-refractivity contribution in [2.75, 3.05) is 0 Å². The lowest BCUT2D eigenvalue weighted by Crippen LogP contribution is -2.45. The van der Waals surface area contributed by atoms with Crippen molar-refractivity contribution in [3.8, 4) is 17.1 Å². The molecule has 0 fully saturated rings. The van der Waals surface area contributed by atoms with Crippen LogP contribution in [0.4, 0.5) is 0 Å². The highest BCUT2D eigenvalue weighted by atomic mass is 16.6. The molecule has 3 aromatic rings. The van der Waals surface area contributed by atoms with Crippen LogP contribution in [0.3, 0.4) is 0 Å². The normalized spacial score (nSPS) is 20.3. The summed E-state index contributed by atoms with van der Waals surface area (Å²) in [6.45, 7) is 3.38. The summed E-state index contributed by atoms with van der Waals surface area (Å²) in [5, 5.41) is 12.2. The Morgan fingerprint density at radius 1 is 1.37 bits per heavy atom. The van der Waals surface area contributed by atoms with E-state index in [4.69, 9.17) is 20.2 Å². The summed E-state index contributed by atoms with van der Waals surface area (Å²) in [7, 11) is 0. The van der Waals surface area contributed by atoms with E-state index in [2.05, 4.69) is 0 Å². The minimum Gasteiger partial charge on any atom is -0.473 e. The highest BCUT2D eigenvalue weighted by Crippen LogP contribution is 2.46. The summed E-state index contributed by atoms with van der Waals surface area (Å²) < 4.78 is 12.6. The first-order valence-corrected chi connectivity index (χ1v) is 9.86. The number of hydrogen-bond acceptors (Lipinski definition) is 7. The van der Waals surface area contributed by atoms with E-state index in [0.29, 0.717) is 17.9 Å². The molecule has 3 N–H and O–H groups in total. The molecule has 1 unspecified atom stereocenters. The second-order valence-electron chi connectivity index (χ2n) is 7.72. The number of ether oxygens (including phenoxy) is 2. The highest BCUT2D eigenvalue weighted by molar-refractivity contribution is 5.89. The number of pyridine rings is 2. The average Bonchev–Trinajstić information content (AvgIpc) is 3.10. The summed E-state index contributed by atoms with van der Waals surface area (Å²) in [6, 6.07) is 9.66. The number of carbonyl (C=O) groups excluding carboxylic acids is 1. The second-order valence-corrected chi connectivity index (χ2v) is 7.72. The fourth-order valence-corrected chi connectivity index (χ4v) is 4.34. The van der Waals surface area contributed by atoms with Gasteiger partial charge >= 0.3 is 5.97 Å². The number of fused-ring (bicyclic) bond motifs is 5. The van der Waals surface area contributed by atoms with Crippen molar-refractivity contribution < 1.29 is 19.4 Å². The Bertz CT molecular complexity index is 1280. The third-order valence-electron chi connectivity index (χ3n) is 5.79. The lowest BCUT2D eigenvalue weighted by Gasteiger charge is -2.34. The third-order valence-corrected chi connectivity index (χ3v) is 5.79. The number of nitrogens with two attached hydrogens (primary N) is 1. The number of aromatic nitrogens is 2. The summed E-state index contributed by atoms with van der Waals surface area (Å²) in [4.78, 5) is 30.6. The van der Waals surface area contributed by atoms with Gasteiger partial charge < -0.3 is 14.6 Å². The molecule has 0 bridgehead atoms. The molecule has 154 valence electrons. The lowest BCUT2D eigenvalue weighted by molar-refractivity contribution is -0.172. The summed E-state index contributed by atoms with van der Waals surface area (Å²) in [6.07, 6.45) is -0.713. The van der Waals surface area contributed by atoms with Crippen LogP contribution in [-0.2, 0) is 28.3 Å². The van der Waals surface area contributed by atoms with Gasteiger partial charge in [0.25, 0.3) is 5.56 Å². The van der Waals surface area contributed by atoms with Crippen LogP contribution in [0, 0.1) is 0 Å². The SMILES string of the molecule is CC[C@@]1(O)C(=O)OCc2c1c(OC(C)N)c1n(c2=O)Cc2cc3ccccc3nc2-1. The zero-order valence-corrected chi connectivity index (χ0v) is 16.6. The number of aliphatic hydroxyl groups is 1. The maximum absolute atomic E-state index is 13.4. The molecule has 0 radical (unpaired) electrons. The van der Waals surface area contributed by atoms with Crippen molar-refractivity contribution in [3.63, 3.8) is 0 Å². The third kappa shape index (κ3) is 2.44. The predicted octanol–water partition coefficient (Wildman–Crippen LogP) is 1.76. The number of benzene rings is 1. The number of rotatable bonds is 3. The minimum atomic E-state index is -1.99. The molecule has 0 saturated heterocycles. The molecule has 2 aliphatic rings. The number of hydrogen-bond donors (Lipinski definition) is 2. The molecule has 4 heterocycles. The van der Waals surface area contributed by atoms with Crippen molar-refractivity contribution in [2.45, 2.75) is 45.2 Å². The first-order valence-electron chi connectivity index (χ1n) is 9.86. The number of nitrogens with zero attached hydrogens (tertiary/aromatic N) is 2. The Labute approximate surface area is 171 Å². The fourth-order valence-electron chi connectivity index (χ4n) is 4.34. The van der Waals surface area contributed by atoms with Crippen LogP contribution in [0.25, 0.3) is 22.3 Å². The van der Waals surface area contributed by atoms with E-state index in [1.807, 2.05) is 30.3 Å². The maximum atomic E-state index is 13.4. The van der Waals surface area contributed by atoms with Crippen LogP contribution in [0.1, 0.15) is 37.0 Å². The molecule has 8 heteroatoms. The molecule has 2 atom stereocenters. The van der Waals surface area contributed by atoms with Crippen LogP contribution in [0.5, 0.6) is 5.75 Å². The number of carbonyl (C=O) groups is 1. The topological polar surface area (TPSA) is 117 Å². The van der Waals surface area contributed by atoms with Gasteiger partial charge in [-0.2, -0.15) is 0 Å². The molecular formula is C22H21N3O5. The Kier molecular flexibility index (Phi) is 4.00. The van der Waals surface area contributed by atoms with E-state index in [1.54, 1.807) is 18.4 Å². The van der Waals surface area contributed by atoms with Gasteiger partial charge in [0.2, 0.25) is 0 Å². The van der Waals surface area contributed by atoms with Crippen LogP contribution < -0.4 is 16.0 Å². The zero-order valence-electron chi connectivity index (χ0n) is 16.6. The maximum Gasteiger partial charge on any atom is 0.343 e. The highest BCUT2D eigenvalue weighted by Gasteiger charge is 2.49. The van der Waals surface area contributed by atoms with Crippen molar-refractivity contribution in [2.24, 2.45) is 5.73 Å². The molecule has 2 aliphatic heterocycles. The largest absolute Gasteiger partial charge is 0.473 e. The molecule has 0 amide bonds. The van der Waals surface area contributed by atoms with E-state index in [9.17, 15) is 14.7 Å². The number of esters is 1. The van der Waals surface area contributed by atoms with Gasteiger partial charge in [-0.25, -0.2) is 9.78 Å². The van der Waals surface area contributed by atoms with E-state index < -0.39 is 17.8 Å². The quantitative estimate of drug-likeness (QED) is 0.393. The first kappa shape index (κ1) is 18.8. The molecule has 0 spiro atoms. The summed E-state index contributed by atoms with van der Waals surface area (Å²) in [5.41, 5.74) is 6.59. The van der Waals surface area contributed by atoms with E-state index in [0.717, 1.165) is 16.5 Å². The molecule has 0 saturated carbocycles. The number of cyclic esters (lactones) is 1. The van der Waals surface area contributed by atoms with Crippen LogP contribution >= 0.6 is 0 Å². The molecule has 0 aliphatic carbocycles. The zero-order chi connectivity index (χ0) is 21.2. The van der Waals surface area contributed by atoms with Gasteiger partial charge in [0.05, 0.1) is 28.9 Å². The first-order chi connectivity index (χ1) is 14.3. The van der Waals surface area contributed by atoms with Crippen molar-refractivity contribution >= 4 is 16.9 Å². The van der Waals surface area contributed by atoms with Gasteiger partial charge in [0.15, 0.2) is 11.4 Å². The molecular weight excluding hydrogens is 386 g/mol. The van der Waals surface area contributed by atoms with Gasteiger partial charge in [-0.05, 0) is 25.5 Å². The lowest BCUT2D eigenvalue weighted by atomic mass is 9.85. The molecule has 8 nitrogen and oxygen atoms in total. The summed E-state index contributed by atoms with van der Waals surface area (Å²) >= 11 is 0. The number of para-hydroxylation sites is 1. The van der Waals surface area contributed by atoms with E-state index in [-0.39, 0.29) is 35.5 Å². The van der Waals surface area contributed by atoms with Gasteiger partial charge in [-0.1, -0.05) is 25.1 Å². The van der Waals surface area contributed by atoms with E-state index in [1.165, 1.54) is 0 Å². The van der Waals surface area contributed by atoms with Crippen molar-refractivity contribution in [1.29, 1.82) is 0 Å². The average molecular weight is 407 g/mol. The summed E-state index contributed by atoms with van der Waals surface area (Å²) in [5.74, 6) is -0.594. The molecule has 2 aromatic heterocycles. The molecule has 1 aromatic carbocycles. The second kappa shape index (κ2) is 6.38. The minimum absolute atomic E-state index is 0.0229. The molecule has 30 heavy (non-hydrogen) atoms. The predicted molar refractivity (Wildman–Crippen MR) is 109 cm³/mol. The monoisotopic (exact) mass is 407 g/mol. The Balaban J connectivity index is 1.90. The van der Waals surface area contributed by atoms with Gasteiger partial charge in [0, 0.05) is 10.9 Å². The van der Waals surface area contributed by atoms with Crippen LogP contribution in [-0.4, -0.2) is 26.9 Å². The van der Waals surface area contributed by atoms with Gasteiger partial charge in [0.1, 0.15) is 18.5 Å². The Morgan fingerprint density at radius 3 is 2.87 bits per heavy atom. The standard InChI is InChI=1S/C22H21N3O5/c1-3-22(28)16-14(10-29-21(22)27)20(26)25-9-13-8-12-6-4-5-7-15(12)24-17(13)18(25)19(16)30-11(2)23/h4-8,11,28H,3,9-10,23H2,1-2H3/t11?,22-/m0/s1. The van der Waals surface area contributed by atoms with E-state index >= 15 is 0 Å².